The van der Waals surface area contributed by atoms with E-state index in [4.69, 9.17) is 19.9 Å². The Morgan fingerprint density at radius 3 is 1.33 bits per heavy atom. The van der Waals surface area contributed by atoms with Crippen LogP contribution in [-0.4, -0.2) is 19.9 Å². The number of hydrogen-bond donors (Lipinski definition) is 0. The Morgan fingerprint density at radius 1 is 0.367 bits per heavy atom. The molecule has 8 aromatic rings. The number of nitrogens with zero attached hydrogens (tertiary/aromatic N) is 4. The van der Waals surface area contributed by atoms with Crippen LogP contribution in [0.2, 0.25) is 0 Å². The molecule has 8 rings (SSSR count). The lowest BCUT2D eigenvalue weighted by atomic mass is 9.85. The molecule has 2 aromatic heterocycles. The molecule has 0 aliphatic heterocycles. The first kappa shape index (κ1) is 40.3. The third kappa shape index (κ3) is 8.33. The van der Waals surface area contributed by atoms with Gasteiger partial charge < -0.3 is 0 Å². The van der Waals surface area contributed by atoms with Crippen LogP contribution in [-0.2, 0) is 10.8 Å². The van der Waals surface area contributed by atoms with Crippen LogP contribution in [0.1, 0.15) is 74.9 Å². The second-order valence-electron chi connectivity index (χ2n) is 18.3. The first-order valence-corrected chi connectivity index (χ1v) is 21.0. The summed E-state index contributed by atoms with van der Waals surface area (Å²) in [6.45, 7) is 22.1. The zero-order valence-electron chi connectivity index (χ0n) is 36.6. The highest BCUT2D eigenvalue weighted by Crippen LogP contribution is 2.42. The van der Waals surface area contributed by atoms with E-state index >= 15 is 0 Å². The second-order valence-corrected chi connectivity index (χ2v) is 18.3. The largest absolute Gasteiger partial charge is 0.255 e. The van der Waals surface area contributed by atoms with E-state index in [1.54, 1.807) is 0 Å². The SMILES string of the molecule is Cc1cc(C)cc(-c2ccccc2-c2ccc(-c3ccc(-c4nc(-c5ccc(C(C)(C)C)cc5)nc(-c5ccc(C(C)(C)C)cc5)n4)cn3)cc2-c2c(C)cccc2C)c1. The molecular weight excluding hydrogens is 729 g/mol. The Bertz CT molecular complexity index is 2720. The van der Waals surface area contributed by atoms with E-state index in [9.17, 15) is 0 Å². The van der Waals surface area contributed by atoms with Gasteiger partial charge in [-0.05, 0) is 112 Å². The van der Waals surface area contributed by atoms with E-state index in [1.807, 2.05) is 6.20 Å². The zero-order chi connectivity index (χ0) is 42.3. The molecule has 4 heteroatoms. The normalized spacial score (nSPS) is 11.8. The molecule has 0 radical (unpaired) electrons. The summed E-state index contributed by atoms with van der Waals surface area (Å²) in [4.78, 5) is 20.2. The van der Waals surface area contributed by atoms with Gasteiger partial charge in [0.25, 0.3) is 0 Å². The van der Waals surface area contributed by atoms with Gasteiger partial charge in [-0.25, -0.2) is 15.0 Å². The predicted molar refractivity (Wildman–Crippen MR) is 252 cm³/mol. The van der Waals surface area contributed by atoms with Crippen LogP contribution in [0, 0.1) is 27.7 Å². The number of pyridine rings is 1. The van der Waals surface area contributed by atoms with E-state index in [1.165, 1.54) is 66.8 Å². The van der Waals surface area contributed by atoms with Gasteiger partial charge in [0.2, 0.25) is 0 Å². The maximum Gasteiger partial charge on any atom is 0.165 e. The van der Waals surface area contributed by atoms with Crippen molar-refractivity contribution in [1.82, 2.24) is 19.9 Å². The van der Waals surface area contributed by atoms with Gasteiger partial charge in [0, 0.05) is 28.5 Å². The number of benzene rings is 6. The first-order valence-electron chi connectivity index (χ1n) is 21.0. The molecule has 0 N–H and O–H groups in total. The minimum Gasteiger partial charge on any atom is -0.255 e. The summed E-state index contributed by atoms with van der Waals surface area (Å²) in [5.74, 6) is 1.85. The van der Waals surface area contributed by atoms with Crippen molar-refractivity contribution in [3.63, 3.8) is 0 Å². The van der Waals surface area contributed by atoms with Crippen molar-refractivity contribution in [2.24, 2.45) is 0 Å². The van der Waals surface area contributed by atoms with Crippen molar-refractivity contribution >= 4 is 0 Å². The molecule has 0 bridgehead atoms. The maximum absolute atomic E-state index is 5.07. The maximum atomic E-state index is 5.07. The Hall–Kier alpha value is -6.52. The minimum atomic E-state index is 0.0427. The molecule has 0 saturated carbocycles. The summed E-state index contributed by atoms with van der Waals surface area (Å²) in [7, 11) is 0. The molecule has 0 aliphatic rings. The van der Waals surface area contributed by atoms with Crippen molar-refractivity contribution in [1.29, 1.82) is 0 Å². The molecule has 2 heterocycles. The molecule has 4 nitrogen and oxygen atoms in total. The lowest BCUT2D eigenvalue weighted by molar-refractivity contribution is 0.590. The van der Waals surface area contributed by atoms with Gasteiger partial charge in [-0.2, -0.15) is 0 Å². The molecule has 6 aromatic carbocycles. The fourth-order valence-electron chi connectivity index (χ4n) is 8.18. The van der Waals surface area contributed by atoms with E-state index in [2.05, 4.69) is 209 Å². The summed E-state index contributed by atoms with van der Waals surface area (Å²) in [5, 5.41) is 0. The average molecular weight is 783 g/mol. The zero-order valence-corrected chi connectivity index (χ0v) is 36.6. The van der Waals surface area contributed by atoms with Crippen LogP contribution >= 0.6 is 0 Å². The molecule has 0 spiro atoms. The second kappa shape index (κ2) is 15.9. The van der Waals surface area contributed by atoms with Crippen LogP contribution in [0.25, 0.3) is 78.8 Å². The topological polar surface area (TPSA) is 51.6 Å². The quantitative estimate of drug-likeness (QED) is 0.162. The fraction of sp³-hybridized carbons (Fsp3) is 0.214. The molecule has 0 unspecified atom stereocenters. The van der Waals surface area contributed by atoms with Crippen molar-refractivity contribution < 1.29 is 0 Å². The third-order valence-electron chi connectivity index (χ3n) is 11.5. The Balaban J connectivity index is 1.22. The molecule has 0 amide bonds. The van der Waals surface area contributed by atoms with E-state index in [0.717, 1.165) is 27.9 Å². The van der Waals surface area contributed by atoms with Crippen LogP contribution in [0.4, 0.5) is 0 Å². The van der Waals surface area contributed by atoms with E-state index in [0.29, 0.717) is 17.5 Å². The molecule has 298 valence electrons. The van der Waals surface area contributed by atoms with Gasteiger partial charge >= 0.3 is 0 Å². The Kier molecular flexibility index (Phi) is 10.7. The van der Waals surface area contributed by atoms with Crippen molar-refractivity contribution in [3.8, 4) is 78.8 Å². The molecule has 0 aliphatic carbocycles. The number of rotatable bonds is 7. The number of aryl methyl sites for hydroxylation is 4. The smallest absolute Gasteiger partial charge is 0.165 e. The van der Waals surface area contributed by atoms with Crippen molar-refractivity contribution in [3.05, 3.63) is 179 Å². The highest BCUT2D eigenvalue weighted by Gasteiger charge is 2.20. The number of aromatic nitrogens is 4. The van der Waals surface area contributed by atoms with Crippen LogP contribution in [0.3, 0.4) is 0 Å². The monoisotopic (exact) mass is 782 g/mol. The van der Waals surface area contributed by atoms with Gasteiger partial charge in [0.1, 0.15) is 0 Å². The molecular formula is C56H54N4. The lowest BCUT2D eigenvalue weighted by Crippen LogP contribution is -2.10. The average Bonchev–Trinajstić information content (AvgIpc) is 3.23. The highest BCUT2D eigenvalue weighted by molar-refractivity contribution is 5.94. The molecule has 0 saturated heterocycles. The van der Waals surface area contributed by atoms with Gasteiger partial charge in [-0.1, -0.05) is 174 Å². The van der Waals surface area contributed by atoms with E-state index in [-0.39, 0.29) is 10.8 Å². The van der Waals surface area contributed by atoms with Gasteiger partial charge in [-0.3, -0.25) is 4.98 Å². The Morgan fingerprint density at radius 2 is 0.833 bits per heavy atom. The summed E-state index contributed by atoms with van der Waals surface area (Å²) in [5.41, 5.74) is 19.5. The van der Waals surface area contributed by atoms with Gasteiger partial charge in [0.15, 0.2) is 17.5 Å². The fourth-order valence-corrected chi connectivity index (χ4v) is 8.18. The Labute approximate surface area is 356 Å². The van der Waals surface area contributed by atoms with Crippen molar-refractivity contribution in [2.45, 2.75) is 80.1 Å². The van der Waals surface area contributed by atoms with Crippen molar-refractivity contribution in [2.75, 3.05) is 0 Å². The molecule has 60 heavy (non-hydrogen) atoms. The first-order chi connectivity index (χ1) is 28.6. The highest BCUT2D eigenvalue weighted by atomic mass is 15.0. The van der Waals surface area contributed by atoms with Crippen LogP contribution in [0.5, 0.6) is 0 Å². The lowest BCUT2D eigenvalue weighted by Gasteiger charge is -2.19. The molecule has 0 fully saturated rings. The standard InChI is InChI=1S/C56H54N4/c1-35-30-36(2)32-43(31-35)46-16-11-12-17-47(46)48-28-22-41(33-49(48)51-37(3)14-13-15-38(51)4)50-29-23-42(34-57-50)54-59-52(39-18-24-44(25-19-39)55(5,6)7)58-53(60-54)40-20-26-45(27-21-40)56(8,9)10/h11-34H,1-10H3. The van der Waals surface area contributed by atoms with Crippen LogP contribution in [0.15, 0.2) is 146 Å². The minimum absolute atomic E-state index is 0.0427. The summed E-state index contributed by atoms with van der Waals surface area (Å²) >= 11 is 0. The third-order valence-corrected chi connectivity index (χ3v) is 11.5. The van der Waals surface area contributed by atoms with E-state index < -0.39 is 0 Å². The molecule has 0 atom stereocenters. The number of hydrogen-bond acceptors (Lipinski definition) is 4. The van der Waals surface area contributed by atoms with Crippen LogP contribution < -0.4 is 0 Å². The summed E-state index contributed by atoms with van der Waals surface area (Å²) < 4.78 is 0. The van der Waals surface area contributed by atoms with Gasteiger partial charge in [-0.15, -0.1) is 0 Å². The summed E-state index contributed by atoms with van der Waals surface area (Å²) in [6.07, 6.45) is 1.89. The van der Waals surface area contributed by atoms with Gasteiger partial charge in [0.05, 0.1) is 5.69 Å². The summed E-state index contributed by atoms with van der Waals surface area (Å²) in [6, 6.07) is 50.2. The predicted octanol–water partition coefficient (Wildman–Crippen LogP) is 14.8.